The summed E-state index contributed by atoms with van der Waals surface area (Å²) in [5.74, 6) is 2.31. The maximum absolute atomic E-state index is 13.0. The number of benzene rings is 1. The molecule has 0 spiro atoms. The molecular weight excluding hydrogens is 410 g/mol. The number of likely N-dealkylation sites (tertiary alicyclic amines) is 1. The van der Waals surface area contributed by atoms with E-state index >= 15 is 0 Å². The van der Waals surface area contributed by atoms with Crippen molar-refractivity contribution in [2.45, 2.75) is 38.0 Å². The highest BCUT2D eigenvalue weighted by Crippen LogP contribution is 2.30. The normalized spacial score (nSPS) is 20.1. The van der Waals surface area contributed by atoms with Gasteiger partial charge in [-0.05, 0) is 55.9 Å². The average molecular weight is 440 g/mol. The molecule has 1 amide bonds. The van der Waals surface area contributed by atoms with E-state index in [4.69, 9.17) is 9.97 Å². The van der Waals surface area contributed by atoms with E-state index in [1.54, 1.807) is 6.20 Å². The van der Waals surface area contributed by atoms with Crippen LogP contribution in [0.15, 0.2) is 73.1 Å². The van der Waals surface area contributed by atoms with E-state index in [0.29, 0.717) is 18.9 Å². The Bertz CT molecular complexity index is 1120. The second-order valence-electron chi connectivity index (χ2n) is 8.88. The molecule has 33 heavy (non-hydrogen) atoms. The number of pyridine rings is 1. The van der Waals surface area contributed by atoms with Gasteiger partial charge in [0.25, 0.3) is 0 Å². The molecule has 2 aromatic heterocycles. The number of para-hydroxylation sites is 1. The van der Waals surface area contributed by atoms with Gasteiger partial charge in [0.2, 0.25) is 5.91 Å². The summed E-state index contributed by atoms with van der Waals surface area (Å²) in [5.41, 5.74) is 2.77. The zero-order valence-electron chi connectivity index (χ0n) is 18.7. The summed E-state index contributed by atoms with van der Waals surface area (Å²) in [6, 6.07) is 15.9. The molecule has 2 unspecified atom stereocenters. The number of piperidine rings is 1. The van der Waals surface area contributed by atoms with E-state index in [1.165, 1.54) is 0 Å². The first kappa shape index (κ1) is 21.3. The number of allylic oxidation sites excluding steroid dienone is 2. The quantitative estimate of drug-likeness (QED) is 0.525. The van der Waals surface area contributed by atoms with Crippen LogP contribution >= 0.6 is 0 Å². The van der Waals surface area contributed by atoms with Crippen LogP contribution in [0.5, 0.6) is 0 Å². The third-order valence-electron chi connectivity index (χ3n) is 6.44. The molecule has 6 heteroatoms. The van der Waals surface area contributed by atoms with E-state index in [0.717, 1.165) is 60.8 Å². The smallest absolute Gasteiger partial charge is 0.223 e. The van der Waals surface area contributed by atoms with E-state index in [-0.39, 0.29) is 11.8 Å². The highest BCUT2D eigenvalue weighted by molar-refractivity contribution is 5.77. The van der Waals surface area contributed by atoms with E-state index in [9.17, 15) is 4.79 Å². The number of nitrogens with zero attached hydrogens (tertiary/aromatic N) is 4. The third-order valence-corrected chi connectivity index (χ3v) is 6.44. The molecule has 2 atom stereocenters. The molecule has 1 N–H and O–H groups in total. The number of anilines is 2. The zero-order chi connectivity index (χ0) is 22.5. The highest BCUT2D eigenvalue weighted by atomic mass is 16.2. The van der Waals surface area contributed by atoms with E-state index < -0.39 is 0 Å². The minimum atomic E-state index is 0.120. The van der Waals surface area contributed by atoms with Crippen molar-refractivity contribution in [2.24, 2.45) is 5.92 Å². The molecule has 0 saturated carbocycles. The number of amides is 1. The maximum atomic E-state index is 13.0. The topological polar surface area (TPSA) is 71.0 Å². The standard InChI is InChI=1S/C27H29N5O/c33-26(16-20-8-4-5-9-20)32-15-7-11-22(19-32)27-30-24(21-10-6-14-28-18-21)17-25(31-27)29-23-12-2-1-3-13-23/h1-4,6,8,10,12-14,17-18,20,22H,5,7,9,11,15-16,19H2,(H,29,30,31). The fraction of sp³-hybridized carbons (Fsp3) is 0.333. The van der Waals surface area contributed by atoms with Crippen LogP contribution in [0.25, 0.3) is 11.3 Å². The third kappa shape index (κ3) is 5.28. The van der Waals surface area contributed by atoms with Crippen LogP contribution in [0.3, 0.4) is 0 Å². The second-order valence-corrected chi connectivity index (χ2v) is 8.88. The van der Waals surface area contributed by atoms with Gasteiger partial charge in [0.15, 0.2) is 0 Å². The molecule has 0 radical (unpaired) electrons. The van der Waals surface area contributed by atoms with E-state index in [2.05, 4.69) is 22.5 Å². The predicted octanol–water partition coefficient (Wildman–Crippen LogP) is 5.34. The summed E-state index contributed by atoms with van der Waals surface area (Å²) in [5, 5.41) is 3.42. The van der Waals surface area contributed by atoms with Gasteiger partial charge in [-0.15, -0.1) is 0 Å². The van der Waals surface area contributed by atoms with Gasteiger partial charge in [-0.2, -0.15) is 0 Å². The van der Waals surface area contributed by atoms with Gasteiger partial charge >= 0.3 is 0 Å². The van der Waals surface area contributed by atoms with Crippen molar-refractivity contribution in [2.75, 3.05) is 18.4 Å². The molecular formula is C27H29N5O. The SMILES string of the molecule is O=C(CC1C=CCC1)N1CCCC(c2nc(Nc3ccccc3)cc(-c3cccnc3)n2)C1. The zero-order valence-corrected chi connectivity index (χ0v) is 18.7. The molecule has 1 fully saturated rings. The summed E-state index contributed by atoms with van der Waals surface area (Å²) >= 11 is 0. The van der Waals surface area contributed by atoms with Crippen LogP contribution in [0.2, 0.25) is 0 Å². The molecule has 3 aromatic rings. The molecule has 5 rings (SSSR count). The van der Waals surface area contributed by atoms with E-state index in [1.807, 2.05) is 59.6 Å². The van der Waals surface area contributed by atoms with Gasteiger partial charge in [0.05, 0.1) is 5.69 Å². The van der Waals surface area contributed by atoms with Gasteiger partial charge < -0.3 is 10.2 Å². The van der Waals surface area contributed by atoms with Crippen molar-refractivity contribution in [1.29, 1.82) is 0 Å². The first-order chi connectivity index (χ1) is 16.2. The Balaban J connectivity index is 1.40. The summed E-state index contributed by atoms with van der Waals surface area (Å²) in [6.07, 6.45) is 12.7. The lowest BCUT2D eigenvalue weighted by molar-refractivity contribution is -0.133. The maximum Gasteiger partial charge on any atom is 0.223 e. The monoisotopic (exact) mass is 439 g/mol. The summed E-state index contributed by atoms with van der Waals surface area (Å²) in [4.78, 5) is 29.0. The lowest BCUT2D eigenvalue weighted by atomic mass is 9.95. The fourth-order valence-corrected chi connectivity index (χ4v) is 4.68. The number of carbonyl (C=O) groups is 1. The summed E-state index contributed by atoms with van der Waals surface area (Å²) in [6.45, 7) is 1.50. The number of hydrogen-bond acceptors (Lipinski definition) is 5. The molecule has 1 aliphatic carbocycles. The second kappa shape index (κ2) is 9.94. The number of aromatic nitrogens is 3. The Morgan fingerprint density at radius 3 is 2.79 bits per heavy atom. The molecule has 1 saturated heterocycles. The minimum absolute atomic E-state index is 0.120. The Morgan fingerprint density at radius 2 is 2.00 bits per heavy atom. The lowest BCUT2D eigenvalue weighted by Gasteiger charge is -2.33. The number of rotatable bonds is 6. The lowest BCUT2D eigenvalue weighted by Crippen LogP contribution is -2.40. The van der Waals surface area contributed by atoms with Crippen molar-refractivity contribution in [3.05, 3.63) is 78.9 Å². The number of nitrogens with one attached hydrogen (secondary N) is 1. The molecule has 3 heterocycles. The van der Waals surface area contributed by atoms with Gasteiger partial charge in [0.1, 0.15) is 11.6 Å². The first-order valence-corrected chi connectivity index (χ1v) is 11.8. The minimum Gasteiger partial charge on any atom is -0.342 e. The number of carbonyl (C=O) groups excluding carboxylic acids is 1. The Hall–Kier alpha value is -3.54. The molecule has 2 aliphatic rings. The van der Waals surface area contributed by atoms with Crippen molar-refractivity contribution in [3.8, 4) is 11.3 Å². The van der Waals surface area contributed by atoms with Crippen molar-refractivity contribution < 1.29 is 4.79 Å². The van der Waals surface area contributed by atoms with Gasteiger partial charge in [-0.1, -0.05) is 30.4 Å². The first-order valence-electron chi connectivity index (χ1n) is 11.8. The van der Waals surface area contributed by atoms with Crippen LogP contribution in [-0.4, -0.2) is 38.8 Å². The summed E-state index contributed by atoms with van der Waals surface area (Å²) < 4.78 is 0. The summed E-state index contributed by atoms with van der Waals surface area (Å²) in [7, 11) is 0. The Morgan fingerprint density at radius 1 is 1.09 bits per heavy atom. The average Bonchev–Trinajstić information content (AvgIpc) is 3.38. The van der Waals surface area contributed by atoms with Gasteiger partial charge in [-0.25, -0.2) is 9.97 Å². The molecule has 6 nitrogen and oxygen atoms in total. The van der Waals surface area contributed by atoms with Gasteiger partial charge in [0, 0.05) is 55.1 Å². The predicted molar refractivity (Wildman–Crippen MR) is 130 cm³/mol. The highest BCUT2D eigenvalue weighted by Gasteiger charge is 2.28. The molecule has 1 aliphatic heterocycles. The number of hydrogen-bond donors (Lipinski definition) is 1. The van der Waals surface area contributed by atoms with Crippen LogP contribution < -0.4 is 5.32 Å². The van der Waals surface area contributed by atoms with Crippen LogP contribution in [0.4, 0.5) is 11.5 Å². The largest absolute Gasteiger partial charge is 0.342 e. The van der Waals surface area contributed by atoms with Gasteiger partial charge in [-0.3, -0.25) is 9.78 Å². The Labute approximate surface area is 194 Å². The van der Waals surface area contributed by atoms with Crippen molar-refractivity contribution in [3.63, 3.8) is 0 Å². The molecule has 0 bridgehead atoms. The Kier molecular flexibility index (Phi) is 6.42. The van der Waals surface area contributed by atoms with Crippen LogP contribution in [0, 0.1) is 5.92 Å². The molecule has 1 aromatic carbocycles. The van der Waals surface area contributed by atoms with Crippen molar-refractivity contribution in [1.82, 2.24) is 19.9 Å². The fourth-order valence-electron chi connectivity index (χ4n) is 4.68. The van der Waals surface area contributed by atoms with Crippen LogP contribution in [0.1, 0.15) is 43.8 Å². The van der Waals surface area contributed by atoms with Crippen LogP contribution in [-0.2, 0) is 4.79 Å². The molecule has 168 valence electrons. The van der Waals surface area contributed by atoms with Crippen molar-refractivity contribution >= 4 is 17.4 Å².